The van der Waals surface area contributed by atoms with Gasteiger partial charge >= 0.3 is 11.9 Å². The molecule has 0 bridgehead atoms. The largest absolute Gasteiger partial charge is 0.460 e. The highest BCUT2D eigenvalue weighted by molar-refractivity contribution is 6.13. The first-order valence-corrected chi connectivity index (χ1v) is 32.0. The summed E-state index contributed by atoms with van der Waals surface area (Å²) in [6.45, 7) is 8.65. The van der Waals surface area contributed by atoms with Crippen LogP contribution in [0.4, 0.5) is 4.39 Å². The molecule has 6 amide bonds. The lowest BCUT2D eigenvalue weighted by Crippen LogP contribution is -2.44. The number of rotatable bonds is 37. The van der Waals surface area contributed by atoms with Crippen molar-refractivity contribution in [2.24, 2.45) is 5.92 Å². The number of aliphatic hydroxyl groups is 1. The van der Waals surface area contributed by atoms with Crippen LogP contribution in [0, 0.1) is 18.7 Å². The molecule has 4 atom stereocenters. The van der Waals surface area contributed by atoms with Crippen LogP contribution in [0.1, 0.15) is 137 Å². The number of nitrogens with one attached hydrogen (secondary N) is 4. The van der Waals surface area contributed by atoms with Crippen LogP contribution in [0.5, 0.6) is 0 Å². The van der Waals surface area contributed by atoms with Crippen molar-refractivity contribution < 1.29 is 90.7 Å². The van der Waals surface area contributed by atoms with Crippen molar-refractivity contribution in [2.75, 3.05) is 72.5 Å². The molecule has 0 saturated heterocycles. The number of hydrogen-bond acceptors (Lipinski definition) is 20. The fourth-order valence-corrected chi connectivity index (χ4v) is 11.8. The number of amides is 6. The minimum atomic E-state index is -2.08. The maximum Gasteiger partial charge on any atom is 0.343 e. The molecule has 0 spiro atoms. The number of Topliss-reactive ketones (excluding diaryl/α,β-unsaturated/α-hetero) is 3. The summed E-state index contributed by atoms with van der Waals surface area (Å²) in [5.74, 6) is -7.75. The number of pyridine rings is 2. The van der Waals surface area contributed by atoms with Crippen molar-refractivity contribution in [3.05, 3.63) is 110 Å². The Morgan fingerprint density at radius 2 is 1.44 bits per heavy atom. The molecule has 4 aliphatic rings. The third-order valence-electron chi connectivity index (χ3n) is 16.8. The summed E-state index contributed by atoms with van der Waals surface area (Å²) in [4.78, 5) is 162. The quantitative estimate of drug-likeness (QED) is 0.0216. The molecule has 0 fully saturated rings. The van der Waals surface area contributed by atoms with Crippen LogP contribution >= 0.6 is 0 Å². The number of ketones is 3. The van der Waals surface area contributed by atoms with Gasteiger partial charge in [-0.3, -0.25) is 57.6 Å². The van der Waals surface area contributed by atoms with E-state index in [4.69, 9.17) is 33.4 Å². The predicted octanol–water partition coefficient (Wildman–Crippen LogP) is 3.37. The lowest BCUT2D eigenvalue weighted by molar-refractivity contribution is -0.172. The summed E-state index contributed by atoms with van der Waals surface area (Å²) in [6.07, 6.45) is 2.01. The number of aryl methyl sites for hydroxylation is 1. The number of cyclic esters (lactones) is 1. The van der Waals surface area contributed by atoms with E-state index >= 15 is 4.39 Å². The van der Waals surface area contributed by atoms with Gasteiger partial charge in [-0.15, -0.1) is 0 Å². The van der Waals surface area contributed by atoms with Gasteiger partial charge in [-0.05, 0) is 88.1 Å². The van der Waals surface area contributed by atoms with Gasteiger partial charge in [0.1, 0.15) is 23.8 Å². The first kappa shape index (κ1) is 72.1. The summed E-state index contributed by atoms with van der Waals surface area (Å²) in [6, 6.07) is 9.67. The van der Waals surface area contributed by atoms with Crippen molar-refractivity contribution in [1.29, 1.82) is 0 Å². The Hall–Kier alpha value is -8.76. The zero-order valence-corrected chi connectivity index (χ0v) is 54.1. The Bertz CT molecular complexity index is 3680. The van der Waals surface area contributed by atoms with Gasteiger partial charge in [0.15, 0.2) is 17.2 Å². The van der Waals surface area contributed by atoms with Crippen LogP contribution in [0.25, 0.3) is 22.3 Å². The number of nitrogens with zero attached hydrogens (tertiary/aromatic N) is 3. The average molecular weight is 1320 g/mol. The number of fused-ring (bicyclic) bond motifs is 5. The maximum atomic E-state index is 15.6. The molecule has 2 aromatic heterocycles. The summed E-state index contributed by atoms with van der Waals surface area (Å²) in [5, 5.41) is 22.8. The van der Waals surface area contributed by atoms with Gasteiger partial charge in [-0.2, -0.15) is 0 Å². The van der Waals surface area contributed by atoms with Crippen molar-refractivity contribution in [1.82, 2.24) is 35.7 Å². The lowest BCUT2D eigenvalue weighted by atomic mass is 9.81. The van der Waals surface area contributed by atoms with Gasteiger partial charge in [0, 0.05) is 92.3 Å². The molecular weight excluding hydrogens is 1240 g/mol. The van der Waals surface area contributed by atoms with Crippen LogP contribution in [-0.2, 0) is 113 Å². The molecule has 510 valence electrons. The van der Waals surface area contributed by atoms with Crippen LogP contribution in [0.3, 0.4) is 0 Å². The zero-order chi connectivity index (χ0) is 68.6. The normalized spacial score (nSPS) is 16.7. The highest BCUT2D eigenvalue weighted by Gasteiger charge is 2.46. The van der Waals surface area contributed by atoms with E-state index in [1.165, 1.54) is 22.8 Å². The van der Waals surface area contributed by atoms with Crippen molar-refractivity contribution in [2.45, 2.75) is 148 Å². The Balaban J connectivity index is 0.769. The summed E-state index contributed by atoms with van der Waals surface area (Å²) >= 11 is 0. The van der Waals surface area contributed by atoms with E-state index in [9.17, 15) is 62.6 Å². The maximum absolute atomic E-state index is 15.6. The van der Waals surface area contributed by atoms with E-state index in [0.29, 0.717) is 83.7 Å². The number of carbonyl (C=O) groups excluding carboxylic acids is 11. The van der Waals surface area contributed by atoms with Gasteiger partial charge in [0.2, 0.25) is 23.6 Å². The Labute approximate surface area is 547 Å². The van der Waals surface area contributed by atoms with Crippen LogP contribution in [0.2, 0.25) is 0 Å². The van der Waals surface area contributed by atoms with E-state index in [-0.39, 0.29) is 114 Å². The zero-order valence-electron chi connectivity index (χ0n) is 54.1. The van der Waals surface area contributed by atoms with Gasteiger partial charge in [0.05, 0.1) is 107 Å². The number of imide groups is 1. The molecule has 1 aliphatic carbocycles. The number of esters is 2. The highest BCUT2D eigenvalue weighted by atomic mass is 19.1. The Morgan fingerprint density at radius 1 is 0.768 bits per heavy atom. The summed E-state index contributed by atoms with van der Waals surface area (Å²) in [5.41, 5.74) is 0.684. The van der Waals surface area contributed by atoms with E-state index in [1.54, 1.807) is 71.0 Å². The molecule has 26 nitrogen and oxygen atoms in total. The highest BCUT2D eigenvalue weighted by Crippen LogP contribution is 2.46. The van der Waals surface area contributed by atoms with E-state index in [2.05, 4.69) is 21.3 Å². The minimum Gasteiger partial charge on any atom is -0.460 e. The number of benzene rings is 2. The summed E-state index contributed by atoms with van der Waals surface area (Å²) < 4.78 is 49.6. The van der Waals surface area contributed by atoms with Crippen LogP contribution in [0.15, 0.2) is 59.4 Å². The van der Waals surface area contributed by atoms with Crippen molar-refractivity contribution >= 4 is 75.6 Å². The molecule has 4 aromatic rings. The molecule has 0 radical (unpaired) electrons. The second-order valence-corrected chi connectivity index (χ2v) is 24.7. The number of halogens is 1. The lowest BCUT2D eigenvalue weighted by Gasteiger charge is -2.31. The van der Waals surface area contributed by atoms with Crippen molar-refractivity contribution in [3.63, 3.8) is 0 Å². The fourth-order valence-electron chi connectivity index (χ4n) is 11.8. The molecule has 95 heavy (non-hydrogen) atoms. The Kier molecular flexibility index (Phi) is 25.1. The number of carbonyl (C=O) groups is 11. The topological polar surface area (TPSA) is 350 Å². The van der Waals surface area contributed by atoms with Crippen LogP contribution in [-0.4, -0.2) is 168 Å². The fraction of sp³-hybridized carbons (Fsp3) is 0.515. The van der Waals surface area contributed by atoms with E-state index < -0.39 is 132 Å². The average Bonchev–Trinajstić information content (AvgIpc) is 1.62. The molecular formula is C68H82FN7O19. The van der Waals surface area contributed by atoms with E-state index in [1.807, 2.05) is 0 Å². The molecule has 2 aromatic carbocycles. The second-order valence-electron chi connectivity index (χ2n) is 24.7. The predicted molar refractivity (Wildman–Crippen MR) is 337 cm³/mol. The van der Waals surface area contributed by atoms with Gasteiger partial charge in [0.25, 0.3) is 17.4 Å². The molecule has 3 aliphatic heterocycles. The Morgan fingerprint density at radius 3 is 2.12 bits per heavy atom. The smallest absolute Gasteiger partial charge is 0.343 e. The SMILES string of the molecule is CC[C@@]1(O)C(=O)OCc2c1cc1n(c2=O)Cc2c-1nc1cc(F)c(C)c3c1c2[C@@H](NC(=O)CNC(=O)[C@@H](CC(=O)CNC(=O)CCC(=O)[C@H](CC(=O)OC(C)(C)C)NC(=O)CCOCCOCCOCCOCCCC(=O)CCN1C(=O)C=CC1=O)Cc1ccccc1)CC3. The molecule has 8 rings (SSSR count). The third-order valence-corrected chi connectivity index (χ3v) is 16.8. The van der Waals surface area contributed by atoms with Crippen molar-refractivity contribution in [3.8, 4) is 11.4 Å². The second kappa shape index (κ2) is 33.1. The number of hydrogen-bond donors (Lipinski definition) is 5. The molecule has 5 heterocycles. The first-order valence-electron chi connectivity index (χ1n) is 32.0. The number of aromatic nitrogens is 2. The van der Waals surface area contributed by atoms with Gasteiger partial charge in [-0.25, -0.2) is 14.2 Å². The minimum absolute atomic E-state index is 0.0164. The van der Waals surface area contributed by atoms with Gasteiger partial charge < -0.3 is 59.4 Å². The van der Waals surface area contributed by atoms with Crippen LogP contribution < -0.4 is 26.8 Å². The molecule has 5 N–H and O–H groups in total. The van der Waals surface area contributed by atoms with E-state index in [0.717, 1.165) is 4.90 Å². The van der Waals surface area contributed by atoms with Gasteiger partial charge in [-0.1, -0.05) is 37.3 Å². The number of ether oxygens (including phenoxy) is 6. The summed E-state index contributed by atoms with van der Waals surface area (Å²) in [7, 11) is 0. The molecule has 27 heteroatoms. The monoisotopic (exact) mass is 1320 g/mol. The molecule has 0 unspecified atom stereocenters. The third kappa shape index (κ3) is 19.0. The first-order chi connectivity index (χ1) is 45.3. The standard InChI is InChI=1S/C68H82FN7O19/c1-6-68(89)48-33-53-63-46(38-76(53)65(87)47(48)39-94-66(68)88)62-50(15-14-45-40(2)49(69)34-52(74-63)61(45)62)72-57(82)37-71-64(86)42(31-41-11-8-7-9-12-41)32-44(78)36-70-55(80)17-16-54(79)51(35-60(85)95-67(3,4)5)73-56(81)21-24-91-26-28-93-30-29-92-27-25-90-23-10-13-43(77)20-22-75-58(83)18-19-59(75)84/h7-9,11-12,18-19,33-34,42,50-51,89H,6,10,13-17,20-32,35-39H2,1-5H3,(H,70,80)(H,71,86)(H,72,82)(H,73,81)/t42-,50+,51+,68+/m1/s1. The molecule has 0 saturated carbocycles.